The van der Waals surface area contributed by atoms with E-state index in [4.69, 9.17) is 18.6 Å². The van der Waals surface area contributed by atoms with Gasteiger partial charge in [-0.2, -0.15) is 0 Å². The summed E-state index contributed by atoms with van der Waals surface area (Å²) in [5, 5.41) is 12.0. The highest BCUT2D eigenvalue weighted by atomic mass is 16.5. The average molecular weight is 497 g/mol. The van der Waals surface area contributed by atoms with Crippen LogP contribution in [0.25, 0.3) is 33.4 Å². The highest BCUT2D eigenvalue weighted by Gasteiger charge is 2.27. The SMILES string of the molecule is COc1cc(-c2ccc3oc(-c4cccc(C)c4)c(C#CC4(O)CCCCC4)c3c2)cc(OC)c1OC. The summed E-state index contributed by atoms with van der Waals surface area (Å²) < 4.78 is 23.0. The molecular formula is C32H32O5. The van der Waals surface area contributed by atoms with Crippen LogP contribution >= 0.6 is 0 Å². The fourth-order valence-electron chi connectivity index (χ4n) is 5.08. The lowest BCUT2D eigenvalue weighted by Crippen LogP contribution is -2.29. The summed E-state index contributed by atoms with van der Waals surface area (Å²) in [4.78, 5) is 0. The molecule has 1 saturated carbocycles. The number of aliphatic hydroxyl groups is 1. The molecular weight excluding hydrogens is 464 g/mol. The van der Waals surface area contributed by atoms with Crippen LogP contribution in [0, 0.1) is 18.8 Å². The third kappa shape index (κ3) is 4.90. The quantitative estimate of drug-likeness (QED) is 0.297. The van der Waals surface area contributed by atoms with Crippen LogP contribution in [0.15, 0.2) is 59.0 Å². The van der Waals surface area contributed by atoms with Gasteiger partial charge in [0.2, 0.25) is 5.75 Å². The van der Waals surface area contributed by atoms with Crippen molar-refractivity contribution in [1.29, 1.82) is 0 Å². The summed E-state index contributed by atoms with van der Waals surface area (Å²) in [7, 11) is 4.81. The summed E-state index contributed by atoms with van der Waals surface area (Å²) >= 11 is 0. The Labute approximate surface area is 218 Å². The number of benzene rings is 3. The molecule has 5 heteroatoms. The van der Waals surface area contributed by atoms with Gasteiger partial charge in [-0.1, -0.05) is 48.1 Å². The van der Waals surface area contributed by atoms with Crippen LogP contribution in [-0.4, -0.2) is 32.0 Å². The predicted octanol–water partition coefficient (Wildman–Crippen LogP) is 7.15. The Morgan fingerprint density at radius 1 is 0.811 bits per heavy atom. The van der Waals surface area contributed by atoms with Crippen molar-refractivity contribution >= 4 is 11.0 Å². The van der Waals surface area contributed by atoms with E-state index >= 15 is 0 Å². The summed E-state index contributed by atoms with van der Waals surface area (Å²) in [5.74, 6) is 9.00. The second-order valence-electron chi connectivity index (χ2n) is 9.64. The van der Waals surface area contributed by atoms with Gasteiger partial charge in [0.15, 0.2) is 17.3 Å². The molecule has 1 fully saturated rings. The maximum Gasteiger partial charge on any atom is 0.203 e. The van der Waals surface area contributed by atoms with Crippen molar-refractivity contribution in [2.45, 2.75) is 44.6 Å². The molecule has 1 aliphatic rings. The van der Waals surface area contributed by atoms with Gasteiger partial charge in [0.1, 0.15) is 11.2 Å². The van der Waals surface area contributed by atoms with Gasteiger partial charge in [0.05, 0.1) is 26.9 Å². The van der Waals surface area contributed by atoms with Crippen LogP contribution in [-0.2, 0) is 0 Å². The molecule has 0 bridgehead atoms. The maximum atomic E-state index is 11.1. The molecule has 0 aliphatic heterocycles. The topological polar surface area (TPSA) is 61.1 Å². The lowest BCUT2D eigenvalue weighted by atomic mass is 9.85. The molecule has 0 unspecified atom stereocenters. The monoisotopic (exact) mass is 496 g/mol. The number of furan rings is 1. The predicted molar refractivity (Wildman–Crippen MR) is 146 cm³/mol. The van der Waals surface area contributed by atoms with E-state index < -0.39 is 5.60 Å². The van der Waals surface area contributed by atoms with Crippen molar-refractivity contribution in [3.8, 4) is 51.5 Å². The Morgan fingerprint density at radius 3 is 2.19 bits per heavy atom. The van der Waals surface area contributed by atoms with E-state index in [0.717, 1.165) is 58.0 Å². The van der Waals surface area contributed by atoms with Crippen LogP contribution in [0.5, 0.6) is 17.2 Å². The molecule has 1 N–H and O–H groups in total. The van der Waals surface area contributed by atoms with Crippen LogP contribution in [0.3, 0.4) is 0 Å². The number of aryl methyl sites for hydroxylation is 1. The first-order valence-electron chi connectivity index (χ1n) is 12.6. The van der Waals surface area contributed by atoms with Crippen molar-refractivity contribution in [2.75, 3.05) is 21.3 Å². The minimum Gasteiger partial charge on any atom is -0.493 e. The standard InChI is InChI=1S/C32H32O5/c1-21-9-8-10-23(17-21)30-25(13-16-32(33)14-6-5-7-15-32)26-18-22(11-12-27(26)37-30)24-19-28(34-2)31(36-4)29(20-24)35-3/h8-12,17-20,33H,5-7,14-15H2,1-4H3. The minimum absolute atomic E-state index is 0.548. The molecule has 5 rings (SSSR count). The van der Waals surface area contributed by atoms with Gasteiger partial charge in [-0.05, 0) is 74.1 Å². The fraction of sp³-hybridized carbons (Fsp3) is 0.312. The van der Waals surface area contributed by atoms with Gasteiger partial charge in [0.25, 0.3) is 0 Å². The third-order valence-corrected chi connectivity index (χ3v) is 7.07. The van der Waals surface area contributed by atoms with Crippen LogP contribution in [0.4, 0.5) is 0 Å². The van der Waals surface area contributed by atoms with E-state index in [9.17, 15) is 5.11 Å². The molecule has 1 aromatic heterocycles. The third-order valence-electron chi connectivity index (χ3n) is 7.07. The highest BCUT2D eigenvalue weighted by Crippen LogP contribution is 2.43. The van der Waals surface area contributed by atoms with E-state index in [0.29, 0.717) is 35.9 Å². The molecule has 1 aliphatic carbocycles. The number of fused-ring (bicyclic) bond motifs is 1. The van der Waals surface area contributed by atoms with Gasteiger partial charge in [-0.15, -0.1) is 0 Å². The molecule has 0 amide bonds. The first-order chi connectivity index (χ1) is 17.9. The molecule has 5 nitrogen and oxygen atoms in total. The Balaban J connectivity index is 1.70. The Hall–Kier alpha value is -3.88. The smallest absolute Gasteiger partial charge is 0.203 e. The van der Waals surface area contributed by atoms with Crippen molar-refractivity contribution < 1.29 is 23.7 Å². The molecule has 37 heavy (non-hydrogen) atoms. The molecule has 0 atom stereocenters. The Morgan fingerprint density at radius 2 is 1.54 bits per heavy atom. The van der Waals surface area contributed by atoms with Crippen LogP contribution in [0.2, 0.25) is 0 Å². The molecule has 3 aromatic carbocycles. The molecule has 0 spiro atoms. The lowest BCUT2D eigenvalue weighted by molar-refractivity contribution is 0.0610. The Kier molecular flexibility index (Phi) is 6.86. The summed E-state index contributed by atoms with van der Waals surface area (Å²) in [5.41, 5.74) is 4.55. The first kappa shape index (κ1) is 24.8. The van der Waals surface area contributed by atoms with Crippen molar-refractivity contribution in [2.24, 2.45) is 0 Å². The molecule has 1 heterocycles. The normalized spacial score (nSPS) is 14.6. The number of hydrogen-bond acceptors (Lipinski definition) is 5. The number of hydrogen-bond donors (Lipinski definition) is 1. The van der Waals surface area contributed by atoms with E-state index in [-0.39, 0.29) is 0 Å². The number of rotatable bonds is 5. The second kappa shape index (κ2) is 10.2. The van der Waals surface area contributed by atoms with Gasteiger partial charge in [-0.3, -0.25) is 0 Å². The highest BCUT2D eigenvalue weighted by molar-refractivity contribution is 5.94. The zero-order valence-corrected chi connectivity index (χ0v) is 21.8. The summed E-state index contributed by atoms with van der Waals surface area (Å²) in [6.45, 7) is 2.06. The molecule has 0 saturated heterocycles. The zero-order chi connectivity index (χ0) is 26.0. The van der Waals surface area contributed by atoms with E-state index in [2.05, 4.69) is 37.0 Å². The second-order valence-corrected chi connectivity index (χ2v) is 9.64. The number of ether oxygens (including phenoxy) is 3. The summed E-state index contributed by atoms with van der Waals surface area (Å²) in [6.07, 6.45) is 4.53. The largest absolute Gasteiger partial charge is 0.493 e. The van der Waals surface area contributed by atoms with Crippen molar-refractivity contribution in [3.05, 3.63) is 65.7 Å². The van der Waals surface area contributed by atoms with Crippen molar-refractivity contribution in [3.63, 3.8) is 0 Å². The summed E-state index contributed by atoms with van der Waals surface area (Å²) in [6, 6.07) is 18.1. The van der Waals surface area contributed by atoms with Crippen molar-refractivity contribution in [1.82, 2.24) is 0 Å². The molecule has 0 radical (unpaired) electrons. The Bertz CT molecular complexity index is 1470. The molecule has 4 aromatic rings. The van der Waals surface area contributed by atoms with Crippen LogP contribution < -0.4 is 14.2 Å². The van der Waals surface area contributed by atoms with E-state index in [1.807, 2.05) is 36.4 Å². The average Bonchev–Trinajstić information content (AvgIpc) is 3.29. The first-order valence-corrected chi connectivity index (χ1v) is 12.6. The van der Waals surface area contributed by atoms with Gasteiger partial charge < -0.3 is 23.7 Å². The molecule has 190 valence electrons. The van der Waals surface area contributed by atoms with Gasteiger partial charge in [-0.25, -0.2) is 0 Å². The van der Waals surface area contributed by atoms with E-state index in [1.165, 1.54) is 0 Å². The minimum atomic E-state index is -0.958. The van der Waals surface area contributed by atoms with Gasteiger partial charge >= 0.3 is 0 Å². The van der Waals surface area contributed by atoms with Gasteiger partial charge in [0, 0.05) is 10.9 Å². The van der Waals surface area contributed by atoms with E-state index in [1.54, 1.807) is 21.3 Å². The lowest BCUT2D eigenvalue weighted by Gasteiger charge is -2.26. The zero-order valence-electron chi connectivity index (χ0n) is 21.8. The van der Waals surface area contributed by atoms with Crippen LogP contribution in [0.1, 0.15) is 43.2 Å². The maximum absolute atomic E-state index is 11.1. The fourth-order valence-corrected chi connectivity index (χ4v) is 5.08. The number of methoxy groups -OCH3 is 3.